The van der Waals surface area contributed by atoms with Crippen LogP contribution in [0.3, 0.4) is 0 Å². The lowest BCUT2D eigenvalue weighted by molar-refractivity contribution is 0.103. The normalized spacial score (nSPS) is 10.4. The molecule has 1 aromatic carbocycles. The van der Waals surface area contributed by atoms with Gasteiger partial charge in [-0.3, -0.25) is 10.1 Å². The van der Waals surface area contributed by atoms with E-state index in [9.17, 15) is 4.79 Å². The van der Waals surface area contributed by atoms with Crippen LogP contribution >= 0.6 is 22.7 Å². The van der Waals surface area contributed by atoms with E-state index in [0.29, 0.717) is 10.0 Å². The van der Waals surface area contributed by atoms with Crippen molar-refractivity contribution < 1.29 is 4.79 Å². The van der Waals surface area contributed by atoms with Gasteiger partial charge in [0.2, 0.25) is 0 Å². The molecule has 20 heavy (non-hydrogen) atoms. The van der Waals surface area contributed by atoms with Gasteiger partial charge >= 0.3 is 0 Å². The highest BCUT2D eigenvalue weighted by Gasteiger charge is 2.13. The Morgan fingerprint density at radius 2 is 1.90 bits per heavy atom. The quantitative estimate of drug-likeness (QED) is 0.800. The van der Waals surface area contributed by atoms with Crippen LogP contribution in [0, 0.1) is 6.92 Å². The smallest absolute Gasteiger partial charge is 0.269 e. The number of carbonyl (C=O) groups excluding carboxylic acids is 1. The Balaban J connectivity index is 1.78. The summed E-state index contributed by atoms with van der Waals surface area (Å²) < 4.78 is 0. The number of amides is 1. The van der Waals surface area contributed by atoms with E-state index in [1.807, 2.05) is 37.3 Å². The third-order valence-electron chi connectivity index (χ3n) is 2.59. The van der Waals surface area contributed by atoms with E-state index >= 15 is 0 Å². The molecule has 0 bridgehead atoms. The van der Waals surface area contributed by atoms with Crippen LogP contribution in [0.2, 0.25) is 0 Å². The summed E-state index contributed by atoms with van der Waals surface area (Å²) in [5.74, 6) is -0.168. The maximum atomic E-state index is 12.1. The number of benzene rings is 1. The monoisotopic (exact) mass is 301 g/mol. The van der Waals surface area contributed by atoms with E-state index in [1.165, 1.54) is 22.7 Å². The molecule has 2 heterocycles. The number of nitrogens with zero attached hydrogens (tertiary/aromatic N) is 2. The Bertz CT molecular complexity index is 734. The molecule has 0 radical (unpaired) electrons. The lowest BCUT2D eigenvalue weighted by Crippen LogP contribution is -2.09. The van der Waals surface area contributed by atoms with Crippen LogP contribution in [0.25, 0.3) is 10.6 Å². The summed E-state index contributed by atoms with van der Waals surface area (Å²) in [4.78, 5) is 22.2. The lowest BCUT2D eigenvalue weighted by atomic mass is 10.2. The molecular formula is C14H11N3OS2. The molecule has 0 aliphatic rings. The van der Waals surface area contributed by atoms with Crippen molar-refractivity contribution in [2.75, 3.05) is 5.32 Å². The fourth-order valence-corrected chi connectivity index (χ4v) is 3.14. The van der Waals surface area contributed by atoms with Gasteiger partial charge < -0.3 is 0 Å². The molecule has 3 aromatic rings. The van der Waals surface area contributed by atoms with Crippen molar-refractivity contribution in [1.29, 1.82) is 0 Å². The topological polar surface area (TPSA) is 54.9 Å². The molecule has 2 aromatic heterocycles. The standard InChI is InChI=1S/C14H11N3OS2/c1-9-7-16-14(19-9)17-12(18)11-8-15-13(20-11)10-5-3-2-4-6-10/h2-8H,1H3,(H,16,17,18). The Labute approximate surface area is 124 Å². The number of rotatable bonds is 3. The average molecular weight is 301 g/mol. The van der Waals surface area contributed by atoms with Gasteiger partial charge in [0.1, 0.15) is 9.88 Å². The first kappa shape index (κ1) is 13.0. The number of aromatic nitrogens is 2. The minimum atomic E-state index is -0.168. The van der Waals surface area contributed by atoms with Gasteiger partial charge in [0.25, 0.3) is 5.91 Å². The van der Waals surface area contributed by atoms with Crippen molar-refractivity contribution >= 4 is 33.7 Å². The number of carbonyl (C=O) groups is 1. The summed E-state index contributed by atoms with van der Waals surface area (Å²) in [6.07, 6.45) is 3.34. The van der Waals surface area contributed by atoms with Crippen LogP contribution in [0.5, 0.6) is 0 Å². The van der Waals surface area contributed by atoms with Crippen LogP contribution in [0.4, 0.5) is 5.13 Å². The molecule has 0 atom stereocenters. The molecule has 0 aliphatic carbocycles. The molecule has 0 saturated carbocycles. The van der Waals surface area contributed by atoms with Gasteiger partial charge in [0, 0.05) is 16.6 Å². The fraction of sp³-hybridized carbons (Fsp3) is 0.0714. The summed E-state index contributed by atoms with van der Waals surface area (Å²) in [7, 11) is 0. The lowest BCUT2D eigenvalue weighted by Gasteiger charge is -1.97. The molecule has 0 saturated heterocycles. The summed E-state index contributed by atoms with van der Waals surface area (Å²) >= 11 is 2.83. The number of hydrogen-bond acceptors (Lipinski definition) is 5. The summed E-state index contributed by atoms with van der Waals surface area (Å²) in [6.45, 7) is 1.95. The number of thiazole rings is 2. The second-order valence-corrected chi connectivity index (χ2v) is 6.39. The van der Waals surface area contributed by atoms with E-state index in [-0.39, 0.29) is 5.91 Å². The van der Waals surface area contributed by atoms with E-state index in [1.54, 1.807) is 12.4 Å². The largest absolute Gasteiger partial charge is 0.297 e. The third kappa shape index (κ3) is 2.76. The van der Waals surface area contributed by atoms with Gasteiger partial charge in [0.15, 0.2) is 5.13 Å². The number of anilines is 1. The molecule has 0 unspecified atom stereocenters. The first-order valence-electron chi connectivity index (χ1n) is 5.97. The summed E-state index contributed by atoms with van der Waals surface area (Å²) in [5, 5.41) is 4.23. The molecule has 0 spiro atoms. The summed E-state index contributed by atoms with van der Waals surface area (Å²) in [6, 6.07) is 9.81. The van der Waals surface area contributed by atoms with Crippen molar-refractivity contribution in [3.8, 4) is 10.6 Å². The zero-order valence-electron chi connectivity index (χ0n) is 10.7. The first-order valence-corrected chi connectivity index (χ1v) is 7.61. The Morgan fingerprint density at radius 3 is 2.60 bits per heavy atom. The molecule has 1 N–H and O–H groups in total. The van der Waals surface area contributed by atoms with Crippen LogP contribution in [0.1, 0.15) is 14.5 Å². The highest BCUT2D eigenvalue weighted by Crippen LogP contribution is 2.26. The second kappa shape index (κ2) is 5.52. The minimum absolute atomic E-state index is 0.168. The van der Waals surface area contributed by atoms with Gasteiger partial charge in [-0.25, -0.2) is 9.97 Å². The van der Waals surface area contributed by atoms with Crippen molar-refractivity contribution in [1.82, 2.24) is 9.97 Å². The maximum absolute atomic E-state index is 12.1. The molecule has 1 amide bonds. The van der Waals surface area contributed by atoms with Crippen LogP contribution in [-0.4, -0.2) is 15.9 Å². The van der Waals surface area contributed by atoms with Gasteiger partial charge in [-0.1, -0.05) is 30.3 Å². The predicted molar refractivity (Wildman–Crippen MR) is 82.4 cm³/mol. The van der Waals surface area contributed by atoms with Gasteiger partial charge in [-0.05, 0) is 6.92 Å². The van der Waals surface area contributed by atoms with E-state index < -0.39 is 0 Å². The summed E-state index contributed by atoms with van der Waals surface area (Å²) in [5.41, 5.74) is 1.02. The number of hydrogen-bond donors (Lipinski definition) is 1. The predicted octanol–water partition coefficient (Wildman–Crippen LogP) is 3.83. The van der Waals surface area contributed by atoms with Gasteiger partial charge in [-0.15, -0.1) is 22.7 Å². The molecule has 4 nitrogen and oxygen atoms in total. The van der Waals surface area contributed by atoms with E-state index in [0.717, 1.165) is 15.4 Å². The Hall–Kier alpha value is -2.05. The fourth-order valence-electron chi connectivity index (χ4n) is 1.66. The van der Waals surface area contributed by atoms with Crippen LogP contribution in [-0.2, 0) is 0 Å². The maximum Gasteiger partial charge on any atom is 0.269 e. The van der Waals surface area contributed by atoms with Crippen molar-refractivity contribution in [2.24, 2.45) is 0 Å². The minimum Gasteiger partial charge on any atom is -0.297 e. The molecule has 100 valence electrons. The molecule has 6 heteroatoms. The Morgan fingerprint density at radius 1 is 1.10 bits per heavy atom. The van der Waals surface area contributed by atoms with Crippen molar-refractivity contribution in [2.45, 2.75) is 6.92 Å². The molecular weight excluding hydrogens is 290 g/mol. The second-order valence-electron chi connectivity index (χ2n) is 4.13. The van der Waals surface area contributed by atoms with Gasteiger partial charge in [0.05, 0.1) is 6.20 Å². The van der Waals surface area contributed by atoms with Crippen LogP contribution in [0.15, 0.2) is 42.7 Å². The molecule has 0 fully saturated rings. The van der Waals surface area contributed by atoms with E-state index in [4.69, 9.17) is 0 Å². The zero-order chi connectivity index (χ0) is 13.9. The number of nitrogens with one attached hydrogen (secondary N) is 1. The van der Waals surface area contributed by atoms with E-state index in [2.05, 4.69) is 15.3 Å². The van der Waals surface area contributed by atoms with Gasteiger partial charge in [-0.2, -0.15) is 0 Å². The number of aryl methyl sites for hydroxylation is 1. The SMILES string of the molecule is Cc1cnc(NC(=O)c2cnc(-c3ccccc3)s2)s1. The first-order chi connectivity index (χ1) is 9.72. The molecule has 3 rings (SSSR count). The molecule has 0 aliphatic heterocycles. The highest BCUT2D eigenvalue weighted by atomic mass is 32.1. The third-order valence-corrected chi connectivity index (χ3v) is 4.47. The Kier molecular flexibility index (Phi) is 3.58. The highest BCUT2D eigenvalue weighted by molar-refractivity contribution is 7.17. The van der Waals surface area contributed by atoms with Crippen molar-refractivity contribution in [3.05, 3.63) is 52.5 Å². The average Bonchev–Trinajstić information content (AvgIpc) is 3.09. The van der Waals surface area contributed by atoms with Crippen molar-refractivity contribution in [3.63, 3.8) is 0 Å². The van der Waals surface area contributed by atoms with Crippen LogP contribution < -0.4 is 5.32 Å². The zero-order valence-corrected chi connectivity index (χ0v) is 12.3.